The Morgan fingerprint density at radius 2 is 1.73 bits per heavy atom. The largest absolute Gasteiger partial charge is 0.481 e. The lowest BCUT2D eigenvalue weighted by Crippen LogP contribution is -2.37. The number of carbonyl (C=O) groups is 2. The molecule has 2 N–H and O–H groups in total. The fourth-order valence-corrected chi connectivity index (χ4v) is 4.47. The van der Waals surface area contributed by atoms with Crippen molar-refractivity contribution in [2.24, 2.45) is 11.8 Å². The lowest BCUT2D eigenvalue weighted by atomic mass is 9.94. The monoisotopic (exact) mass is 371 g/mol. The predicted molar refractivity (Wildman–Crippen MR) is 103 cm³/mol. The molecule has 5 heteroatoms. The molecule has 1 aliphatic rings. The van der Waals surface area contributed by atoms with Gasteiger partial charge in [0.15, 0.2) is 0 Å². The van der Waals surface area contributed by atoms with Crippen LogP contribution in [0.15, 0.2) is 41.8 Å². The van der Waals surface area contributed by atoms with Gasteiger partial charge in [-0.1, -0.05) is 50.6 Å². The minimum absolute atomic E-state index is 0.152. The SMILES string of the molecule is CC(C)c1ccc([C@H](NC(=O)C2CCCC2C(=O)O)c2cccs2)cc1. The van der Waals surface area contributed by atoms with Crippen LogP contribution < -0.4 is 5.32 Å². The van der Waals surface area contributed by atoms with Gasteiger partial charge in [-0.3, -0.25) is 9.59 Å². The number of hydrogen-bond donors (Lipinski definition) is 2. The molecule has 3 atom stereocenters. The number of nitrogens with one attached hydrogen (secondary N) is 1. The van der Waals surface area contributed by atoms with Crippen LogP contribution in [0.5, 0.6) is 0 Å². The first-order valence-corrected chi connectivity index (χ1v) is 10.0. The summed E-state index contributed by atoms with van der Waals surface area (Å²) in [4.78, 5) is 25.3. The Balaban J connectivity index is 1.83. The minimum atomic E-state index is -0.864. The molecular weight excluding hydrogens is 346 g/mol. The third kappa shape index (κ3) is 3.98. The molecular formula is C21H25NO3S. The van der Waals surface area contributed by atoms with E-state index in [9.17, 15) is 14.7 Å². The second-order valence-corrected chi connectivity index (χ2v) is 8.24. The quantitative estimate of drug-likeness (QED) is 0.781. The number of amides is 1. The number of carboxylic acid groups (broad SMARTS) is 1. The molecule has 1 amide bonds. The molecule has 1 aliphatic carbocycles. The highest BCUT2D eigenvalue weighted by molar-refractivity contribution is 7.10. The van der Waals surface area contributed by atoms with Crippen molar-refractivity contribution in [3.8, 4) is 0 Å². The predicted octanol–water partition coefficient (Wildman–Crippen LogP) is 4.58. The van der Waals surface area contributed by atoms with Crippen LogP contribution in [0.25, 0.3) is 0 Å². The summed E-state index contributed by atoms with van der Waals surface area (Å²) in [5, 5.41) is 14.5. The normalized spacial score (nSPS) is 20.9. The first-order valence-electron chi connectivity index (χ1n) is 9.13. The van der Waals surface area contributed by atoms with Gasteiger partial charge in [-0.15, -0.1) is 11.3 Å². The summed E-state index contributed by atoms with van der Waals surface area (Å²) in [6.07, 6.45) is 2.02. The van der Waals surface area contributed by atoms with Crippen molar-refractivity contribution in [2.45, 2.75) is 45.1 Å². The summed E-state index contributed by atoms with van der Waals surface area (Å²) >= 11 is 1.60. The van der Waals surface area contributed by atoms with Gasteiger partial charge in [-0.2, -0.15) is 0 Å². The molecule has 0 radical (unpaired) electrons. The van der Waals surface area contributed by atoms with Crippen molar-refractivity contribution in [2.75, 3.05) is 0 Å². The van der Waals surface area contributed by atoms with Crippen LogP contribution in [0, 0.1) is 11.8 Å². The zero-order valence-corrected chi connectivity index (χ0v) is 16.0. The third-order valence-corrected chi connectivity index (χ3v) is 6.16. The molecule has 0 spiro atoms. The van der Waals surface area contributed by atoms with Gasteiger partial charge in [0, 0.05) is 4.88 Å². The molecule has 1 fully saturated rings. The number of hydrogen-bond acceptors (Lipinski definition) is 3. The number of carbonyl (C=O) groups excluding carboxylic acids is 1. The topological polar surface area (TPSA) is 66.4 Å². The molecule has 3 rings (SSSR count). The number of rotatable bonds is 6. The zero-order chi connectivity index (χ0) is 18.7. The molecule has 1 saturated carbocycles. The first-order chi connectivity index (χ1) is 12.5. The van der Waals surface area contributed by atoms with Gasteiger partial charge in [0.25, 0.3) is 0 Å². The van der Waals surface area contributed by atoms with Crippen molar-refractivity contribution >= 4 is 23.2 Å². The maximum absolute atomic E-state index is 12.8. The summed E-state index contributed by atoms with van der Waals surface area (Å²) in [6, 6.07) is 12.1. The Morgan fingerprint density at radius 3 is 2.31 bits per heavy atom. The average Bonchev–Trinajstić information content (AvgIpc) is 3.31. The smallest absolute Gasteiger partial charge is 0.307 e. The number of carboxylic acids is 1. The lowest BCUT2D eigenvalue weighted by molar-refractivity contribution is -0.146. The minimum Gasteiger partial charge on any atom is -0.481 e. The van der Waals surface area contributed by atoms with Crippen LogP contribution in [0.1, 0.15) is 61.1 Å². The summed E-state index contributed by atoms with van der Waals surface area (Å²) in [7, 11) is 0. The van der Waals surface area contributed by atoms with Crippen molar-refractivity contribution in [1.82, 2.24) is 5.32 Å². The van der Waals surface area contributed by atoms with Gasteiger partial charge in [-0.25, -0.2) is 0 Å². The van der Waals surface area contributed by atoms with Gasteiger partial charge in [0.05, 0.1) is 17.9 Å². The fourth-order valence-electron chi connectivity index (χ4n) is 3.67. The molecule has 2 aromatic rings. The average molecular weight is 372 g/mol. The van der Waals surface area contributed by atoms with Crippen molar-refractivity contribution in [3.05, 3.63) is 57.8 Å². The van der Waals surface area contributed by atoms with Gasteiger partial charge < -0.3 is 10.4 Å². The van der Waals surface area contributed by atoms with Gasteiger partial charge in [-0.05, 0) is 41.3 Å². The Morgan fingerprint density at radius 1 is 1.08 bits per heavy atom. The molecule has 1 aromatic heterocycles. The Kier molecular flexibility index (Phi) is 5.77. The van der Waals surface area contributed by atoms with E-state index in [1.165, 1.54) is 5.56 Å². The van der Waals surface area contributed by atoms with E-state index in [1.807, 2.05) is 17.5 Å². The number of thiophene rings is 1. The maximum Gasteiger partial charge on any atom is 0.307 e. The van der Waals surface area contributed by atoms with Gasteiger partial charge in [0.2, 0.25) is 5.91 Å². The van der Waals surface area contributed by atoms with Crippen LogP contribution in [-0.4, -0.2) is 17.0 Å². The standard InChI is InChI=1S/C21H25NO3S/c1-13(2)14-8-10-15(11-9-14)19(18-7-4-12-26-18)22-20(23)16-5-3-6-17(16)21(24)25/h4,7-13,16-17,19H,3,5-6H2,1-2H3,(H,22,23)(H,24,25)/t16?,17?,19-/m0/s1. The van der Waals surface area contributed by atoms with E-state index < -0.39 is 17.8 Å². The summed E-state index contributed by atoms with van der Waals surface area (Å²) < 4.78 is 0. The molecule has 0 aliphatic heterocycles. The van der Waals surface area contributed by atoms with E-state index in [1.54, 1.807) is 11.3 Å². The molecule has 26 heavy (non-hydrogen) atoms. The van der Waals surface area contributed by atoms with E-state index in [2.05, 4.69) is 43.4 Å². The van der Waals surface area contributed by atoms with E-state index in [4.69, 9.17) is 0 Å². The second-order valence-electron chi connectivity index (χ2n) is 7.26. The molecule has 4 nitrogen and oxygen atoms in total. The van der Waals surface area contributed by atoms with Gasteiger partial charge in [0.1, 0.15) is 0 Å². The zero-order valence-electron chi connectivity index (χ0n) is 15.1. The van der Waals surface area contributed by atoms with Crippen LogP contribution in [0.2, 0.25) is 0 Å². The summed E-state index contributed by atoms with van der Waals surface area (Å²) in [5.74, 6) is -1.57. The van der Waals surface area contributed by atoms with E-state index in [-0.39, 0.29) is 11.9 Å². The second kappa shape index (κ2) is 8.04. The highest BCUT2D eigenvalue weighted by Crippen LogP contribution is 2.34. The fraction of sp³-hybridized carbons (Fsp3) is 0.429. The maximum atomic E-state index is 12.8. The van der Waals surface area contributed by atoms with Crippen molar-refractivity contribution in [3.63, 3.8) is 0 Å². The molecule has 2 unspecified atom stereocenters. The third-order valence-electron chi connectivity index (χ3n) is 5.22. The van der Waals surface area contributed by atoms with Crippen LogP contribution in [-0.2, 0) is 9.59 Å². The molecule has 138 valence electrons. The van der Waals surface area contributed by atoms with Crippen LogP contribution in [0.4, 0.5) is 0 Å². The van der Waals surface area contributed by atoms with Crippen molar-refractivity contribution in [1.29, 1.82) is 0 Å². The van der Waals surface area contributed by atoms with E-state index in [0.29, 0.717) is 18.8 Å². The van der Waals surface area contributed by atoms with E-state index in [0.717, 1.165) is 16.9 Å². The molecule has 1 heterocycles. The van der Waals surface area contributed by atoms with E-state index >= 15 is 0 Å². The first kappa shape index (κ1) is 18.6. The molecule has 0 saturated heterocycles. The number of benzene rings is 1. The Hall–Kier alpha value is -2.14. The highest BCUT2D eigenvalue weighted by Gasteiger charge is 2.38. The summed E-state index contributed by atoms with van der Waals surface area (Å²) in [5.41, 5.74) is 2.28. The lowest BCUT2D eigenvalue weighted by Gasteiger charge is -2.22. The van der Waals surface area contributed by atoms with Crippen LogP contribution in [0.3, 0.4) is 0 Å². The molecule has 0 bridgehead atoms. The van der Waals surface area contributed by atoms with Crippen molar-refractivity contribution < 1.29 is 14.7 Å². The number of aliphatic carboxylic acids is 1. The Labute approximate surface area is 158 Å². The summed E-state index contributed by atoms with van der Waals surface area (Å²) in [6.45, 7) is 4.30. The highest BCUT2D eigenvalue weighted by atomic mass is 32.1. The van der Waals surface area contributed by atoms with Gasteiger partial charge >= 0.3 is 5.97 Å². The Bertz CT molecular complexity index is 752. The molecule has 1 aromatic carbocycles. The van der Waals surface area contributed by atoms with Crippen LogP contribution >= 0.6 is 11.3 Å².